The highest BCUT2D eigenvalue weighted by atomic mass is 79.9. The molecule has 1 aliphatic carbocycles. The molecule has 0 bridgehead atoms. The van der Waals surface area contributed by atoms with Gasteiger partial charge in [-0.15, -0.1) is 0 Å². The molecule has 3 rings (SSSR count). The zero-order chi connectivity index (χ0) is 20.4. The SMILES string of the molecule is COC(=O)c1cc(N(C)c2nn(C3CCC[C@@H]3C#N)cc2C(N)=O)ccc1Br. The van der Waals surface area contributed by atoms with Gasteiger partial charge in [0.25, 0.3) is 5.91 Å². The van der Waals surface area contributed by atoms with Crippen LogP contribution in [0.5, 0.6) is 0 Å². The van der Waals surface area contributed by atoms with Crippen molar-refractivity contribution in [3.8, 4) is 6.07 Å². The number of nitrogens with zero attached hydrogens (tertiary/aromatic N) is 4. The second kappa shape index (κ2) is 8.02. The van der Waals surface area contributed by atoms with E-state index in [4.69, 9.17) is 10.5 Å². The molecule has 0 radical (unpaired) electrons. The van der Waals surface area contributed by atoms with Gasteiger partial charge in [0.05, 0.1) is 30.7 Å². The highest BCUT2D eigenvalue weighted by molar-refractivity contribution is 9.10. The number of carbonyl (C=O) groups is 2. The maximum absolute atomic E-state index is 12.0. The van der Waals surface area contributed by atoms with E-state index in [0.29, 0.717) is 21.5 Å². The number of hydrogen-bond acceptors (Lipinski definition) is 6. The van der Waals surface area contributed by atoms with Crippen LogP contribution in [-0.2, 0) is 4.74 Å². The molecule has 0 aliphatic heterocycles. The van der Waals surface area contributed by atoms with Crippen molar-refractivity contribution in [1.29, 1.82) is 5.26 Å². The summed E-state index contributed by atoms with van der Waals surface area (Å²) in [6.45, 7) is 0. The molecule has 1 aromatic carbocycles. The summed E-state index contributed by atoms with van der Waals surface area (Å²) in [6.07, 6.45) is 4.18. The minimum atomic E-state index is -0.607. The summed E-state index contributed by atoms with van der Waals surface area (Å²) < 4.78 is 7.07. The quantitative estimate of drug-likeness (QED) is 0.706. The van der Waals surface area contributed by atoms with Crippen molar-refractivity contribution in [3.63, 3.8) is 0 Å². The number of amides is 1. The number of methoxy groups -OCH3 is 1. The van der Waals surface area contributed by atoms with Gasteiger partial charge in [-0.3, -0.25) is 9.48 Å². The highest BCUT2D eigenvalue weighted by Gasteiger charge is 2.31. The van der Waals surface area contributed by atoms with Crippen molar-refractivity contribution in [1.82, 2.24) is 9.78 Å². The number of nitrogens with two attached hydrogens (primary N) is 1. The summed E-state index contributed by atoms with van der Waals surface area (Å²) in [7, 11) is 3.05. The summed E-state index contributed by atoms with van der Waals surface area (Å²) in [5, 5.41) is 13.9. The summed E-state index contributed by atoms with van der Waals surface area (Å²) >= 11 is 3.33. The number of hydrogen-bond donors (Lipinski definition) is 1. The Kier molecular flexibility index (Phi) is 5.70. The third-order valence-corrected chi connectivity index (χ3v) is 5.71. The molecule has 9 heteroatoms. The van der Waals surface area contributed by atoms with Gasteiger partial charge in [0.1, 0.15) is 5.56 Å². The lowest BCUT2D eigenvalue weighted by Crippen LogP contribution is -2.18. The number of halogens is 1. The van der Waals surface area contributed by atoms with Crippen LogP contribution in [0.15, 0.2) is 28.9 Å². The van der Waals surface area contributed by atoms with Gasteiger partial charge in [-0.2, -0.15) is 10.4 Å². The molecular weight excluding hydrogens is 426 g/mol. The van der Waals surface area contributed by atoms with Crippen molar-refractivity contribution >= 4 is 39.3 Å². The molecule has 1 aliphatic rings. The molecule has 2 atom stereocenters. The number of carbonyl (C=O) groups excluding carboxylic acids is 2. The van der Waals surface area contributed by atoms with Crippen LogP contribution in [0.3, 0.4) is 0 Å². The first-order chi connectivity index (χ1) is 13.4. The van der Waals surface area contributed by atoms with Gasteiger partial charge < -0.3 is 15.4 Å². The zero-order valence-corrected chi connectivity index (χ0v) is 17.1. The molecular formula is C19H20BrN5O3. The van der Waals surface area contributed by atoms with E-state index in [1.54, 1.807) is 41.0 Å². The summed E-state index contributed by atoms with van der Waals surface area (Å²) in [6, 6.07) is 7.39. The number of rotatable bonds is 5. The number of primary amides is 1. The number of anilines is 2. The van der Waals surface area contributed by atoms with Crippen LogP contribution >= 0.6 is 15.9 Å². The molecule has 1 unspecified atom stereocenters. The first-order valence-electron chi connectivity index (χ1n) is 8.77. The van der Waals surface area contributed by atoms with Crippen molar-refractivity contribution < 1.29 is 14.3 Å². The van der Waals surface area contributed by atoms with E-state index >= 15 is 0 Å². The van der Waals surface area contributed by atoms with Gasteiger partial charge in [0.15, 0.2) is 5.82 Å². The molecule has 1 saturated carbocycles. The molecule has 146 valence electrons. The molecule has 1 heterocycles. The molecule has 8 nitrogen and oxygen atoms in total. The average molecular weight is 446 g/mol. The van der Waals surface area contributed by atoms with E-state index in [-0.39, 0.29) is 17.5 Å². The van der Waals surface area contributed by atoms with Crippen LogP contribution in [0.4, 0.5) is 11.5 Å². The van der Waals surface area contributed by atoms with Gasteiger partial charge in [-0.05, 0) is 53.4 Å². The fraction of sp³-hybridized carbons (Fsp3) is 0.368. The molecule has 0 saturated heterocycles. The minimum Gasteiger partial charge on any atom is -0.465 e. The second-order valence-electron chi connectivity index (χ2n) is 6.66. The lowest BCUT2D eigenvalue weighted by atomic mass is 10.1. The summed E-state index contributed by atoms with van der Waals surface area (Å²) in [5.41, 5.74) is 6.82. The van der Waals surface area contributed by atoms with E-state index in [1.807, 2.05) is 0 Å². The second-order valence-corrected chi connectivity index (χ2v) is 7.51. The molecule has 1 amide bonds. The Bertz CT molecular complexity index is 965. The van der Waals surface area contributed by atoms with Gasteiger partial charge in [0.2, 0.25) is 0 Å². The number of esters is 1. The fourth-order valence-electron chi connectivity index (χ4n) is 3.49. The van der Waals surface area contributed by atoms with Gasteiger partial charge >= 0.3 is 5.97 Å². The maximum Gasteiger partial charge on any atom is 0.339 e. The first-order valence-corrected chi connectivity index (χ1v) is 9.56. The molecule has 1 fully saturated rings. The molecule has 2 aromatic rings. The number of nitriles is 1. The molecule has 0 spiro atoms. The average Bonchev–Trinajstić information content (AvgIpc) is 3.33. The third kappa shape index (κ3) is 3.60. The Balaban J connectivity index is 2.02. The van der Waals surface area contributed by atoms with Crippen molar-refractivity contribution in [2.75, 3.05) is 19.1 Å². The van der Waals surface area contributed by atoms with Crippen LogP contribution in [0.25, 0.3) is 0 Å². The Labute approximate surface area is 171 Å². The predicted molar refractivity (Wildman–Crippen MR) is 106 cm³/mol. The van der Waals surface area contributed by atoms with Crippen molar-refractivity contribution in [3.05, 3.63) is 40.0 Å². The topological polar surface area (TPSA) is 114 Å². The molecule has 1 aromatic heterocycles. The smallest absolute Gasteiger partial charge is 0.339 e. The predicted octanol–water partition coefficient (Wildman–Crippen LogP) is 3.16. The van der Waals surface area contributed by atoms with Crippen molar-refractivity contribution in [2.45, 2.75) is 25.3 Å². The fourth-order valence-corrected chi connectivity index (χ4v) is 3.90. The first kappa shape index (κ1) is 19.9. The normalized spacial score (nSPS) is 18.5. The van der Waals surface area contributed by atoms with E-state index in [9.17, 15) is 14.9 Å². The van der Waals surface area contributed by atoms with E-state index < -0.39 is 11.9 Å². The monoisotopic (exact) mass is 445 g/mol. The van der Waals surface area contributed by atoms with Crippen molar-refractivity contribution in [2.24, 2.45) is 11.7 Å². The van der Waals surface area contributed by atoms with Crippen LogP contribution in [0.1, 0.15) is 46.0 Å². The van der Waals surface area contributed by atoms with E-state index in [0.717, 1.165) is 19.3 Å². The van der Waals surface area contributed by atoms with E-state index in [2.05, 4.69) is 27.1 Å². The van der Waals surface area contributed by atoms with Gasteiger partial charge in [0, 0.05) is 23.4 Å². The molecule has 28 heavy (non-hydrogen) atoms. The summed E-state index contributed by atoms with van der Waals surface area (Å²) in [5.74, 6) is -0.859. The van der Waals surface area contributed by atoms with Crippen LogP contribution < -0.4 is 10.6 Å². The standard InChI is InChI=1S/C19H20BrN5O3/c1-24(12-6-7-15(20)13(8-12)19(27)28-2)18-14(17(22)26)10-25(23-18)16-5-3-4-11(16)9-21/h6-8,10-11,16H,3-5H2,1-2H3,(H2,22,26)/t11-,16?/m1/s1. The van der Waals surface area contributed by atoms with Crippen LogP contribution in [0.2, 0.25) is 0 Å². The highest BCUT2D eigenvalue weighted by Crippen LogP contribution is 2.37. The Hall–Kier alpha value is -2.86. The Morgan fingerprint density at radius 3 is 2.79 bits per heavy atom. The largest absolute Gasteiger partial charge is 0.465 e. The number of benzene rings is 1. The third-order valence-electron chi connectivity index (χ3n) is 5.02. The van der Waals surface area contributed by atoms with E-state index in [1.165, 1.54) is 7.11 Å². The lowest BCUT2D eigenvalue weighted by molar-refractivity contribution is 0.0599. The maximum atomic E-state index is 12.0. The number of aromatic nitrogens is 2. The lowest BCUT2D eigenvalue weighted by Gasteiger charge is -2.19. The number of ether oxygens (including phenoxy) is 1. The Morgan fingerprint density at radius 2 is 2.14 bits per heavy atom. The minimum absolute atomic E-state index is 0.0826. The van der Waals surface area contributed by atoms with Gasteiger partial charge in [-0.25, -0.2) is 4.79 Å². The molecule has 2 N–H and O–H groups in total. The van der Waals surface area contributed by atoms with Crippen LogP contribution in [0, 0.1) is 17.2 Å². The van der Waals surface area contributed by atoms with Gasteiger partial charge in [-0.1, -0.05) is 0 Å². The Morgan fingerprint density at radius 1 is 1.39 bits per heavy atom. The van der Waals surface area contributed by atoms with Crippen LogP contribution in [-0.4, -0.2) is 35.8 Å². The summed E-state index contributed by atoms with van der Waals surface area (Å²) in [4.78, 5) is 25.7. The zero-order valence-electron chi connectivity index (χ0n) is 15.6.